The van der Waals surface area contributed by atoms with E-state index in [0.29, 0.717) is 18.0 Å². The number of aromatic nitrogens is 2. The number of carbonyl (C=O) groups excluding carboxylic acids is 2. The van der Waals surface area contributed by atoms with Gasteiger partial charge in [0.2, 0.25) is 5.91 Å². The molecule has 0 saturated carbocycles. The SMILES string of the molecule is CC(C)(C)C(=O)N1CC[C@@H](c2c(C(N)=O)sc3nccnc23)C1. The summed E-state index contributed by atoms with van der Waals surface area (Å²) in [6.45, 7) is 7.05. The van der Waals surface area contributed by atoms with E-state index in [2.05, 4.69) is 9.97 Å². The molecule has 23 heavy (non-hydrogen) atoms. The molecular formula is C16H20N4O2S. The van der Waals surface area contributed by atoms with Crippen LogP contribution in [0.5, 0.6) is 0 Å². The second kappa shape index (κ2) is 5.56. The zero-order chi connectivity index (χ0) is 16.8. The molecule has 1 saturated heterocycles. The molecule has 0 aromatic carbocycles. The normalized spacial score (nSPS) is 18.6. The van der Waals surface area contributed by atoms with Gasteiger partial charge in [-0.2, -0.15) is 0 Å². The van der Waals surface area contributed by atoms with Crippen LogP contribution in [0, 0.1) is 5.41 Å². The Labute approximate surface area is 138 Å². The van der Waals surface area contributed by atoms with Crippen molar-refractivity contribution in [3.05, 3.63) is 22.8 Å². The number of nitrogens with two attached hydrogens (primary N) is 1. The summed E-state index contributed by atoms with van der Waals surface area (Å²) in [7, 11) is 0. The van der Waals surface area contributed by atoms with E-state index in [4.69, 9.17) is 5.73 Å². The molecule has 7 heteroatoms. The number of amides is 2. The fraction of sp³-hybridized carbons (Fsp3) is 0.500. The number of thiophene rings is 1. The Morgan fingerprint density at radius 3 is 2.65 bits per heavy atom. The molecule has 1 aliphatic rings. The molecule has 0 radical (unpaired) electrons. The first kappa shape index (κ1) is 15.9. The molecule has 122 valence electrons. The third-order valence-corrected chi connectivity index (χ3v) is 5.23. The van der Waals surface area contributed by atoms with Crippen molar-refractivity contribution < 1.29 is 9.59 Å². The van der Waals surface area contributed by atoms with Crippen molar-refractivity contribution in [2.24, 2.45) is 11.1 Å². The van der Waals surface area contributed by atoms with Gasteiger partial charge in [-0.25, -0.2) is 4.98 Å². The van der Waals surface area contributed by atoms with Gasteiger partial charge in [-0.3, -0.25) is 14.6 Å². The summed E-state index contributed by atoms with van der Waals surface area (Å²) in [5, 5.41) is 0. The molecule has 0 bridgehead atoms. The molecular weight excluding hydrogens is 312 g/mol. The van der Waals surface area contributed by atoms with Crippen LogP contribution in [-0.4, -0.2) is 39.8 Å². The first-order chi connectivity index (χ1) is 10.8. The maximum atomic E-state index is 12.5. The molecule has 1 fully saturated rings. The zero-order valence-electron chi connectivity index (χ0n) is 13.5. The first-order valence-corrected chi connectivity index (χ1v) is 8.43. The Balaban J connectivity index is 1.97. The predicted octanol–water partition coefficient (Wildman–Crippen LogP) is 2.15. The van der Waals surface area contributed by atoms with Crippen LogP contribution in [-0.2, 0) is 4.79 Å². The van der Waals surface area contributed by atoms with Gasteiger partial charge in [0, 0.05) is 42.4 Å². The number of carbonyl (C=O) groups is 2. The second-order valence-corrected chi connectivity index (χ2v) is 7.91. The van der Waals surface area contributed by atoms with Gasteiger partial charge in [0.05, 0.1) is 4.88 Å². The quantitative estimate of drug-likeness (QED) is 0.912. The van der Waals surface area contributed by atoms with Gasteiger partial charge in [-0.05, 0) is 6.42 Å². The fourth-order valence-corrected chi connectivity index (χ4v) is 4.10. The van der Waals surface area contributed by atoms with Gasteiger partial charge < -0.3 is 10.6 Å². The van der Waals surface area contributed by atoms with E-state index in [1.807, 2.05) is 25.7 Å². The molecule has 3 rings (SSSR count). The second-order valence-electron chi connectivity index (χ2n) is 6.91. The van der Waals surface area contributed by atoms with Crippen LogP contribution < -0.4 is 5.73 Å². The predicted molar refractivity (Wildman–Crippen MR) is 89.3 cm³/mol. The Hall–Kier alpha value is -2.02. The molecule has 0 aliphatic carbocycles. The maximum Gasteiger partial charge on any atom is 0.259 e. The Bertz CT molecular complexity index is 778. The molecule has 0 unspecified atom stereocenters. The van der Waals surface area contributed by atoms with Crippen LogP contribution in [0.3, 0.4) is 0 Å². The highest BCUT2D eigenvalue weighted by Gasteiger charge is 2.36. The topological polar surface area (TPSA) is 89.2 Å². The number of nitrogens with zero attached hydrogens (tertiary/aromatic N) is 3. The van der Waals surface area contributed by atoms with E-state index < -0.39 is 11.3 Å². The fourth-order valence-electron chi connectivity index (χ4n) is 3.06. The standard InChI is InChI=1S/C16H20N4O2S/c1-16(2,3)15(22)20-7-4-9(8-20)10-11-14(19-6-5-18-11)23-12(10)13(17)21/h5-6,9H,4,7-8H2,1-3H3,(H2,17,21)/t9-/m1/s1. The first-order valence-electron chi connectivity index (χ1n) is 7.61. The summed E-state index contributed by atoms with van der Waals surface area (Å²) < 4.78 is 0. The highest BCUT2D eigenvalue weighted by Crippen LogP contribution is 2.39. The van der Waals surface area contributed by atoms with E-state index >= 15 is 0 Å². The Morgan fingerprint density at radius 2 is 2.00 bits per heavy atom. The monoisotopic (exact) mass is 332 g/mol. The van der Waals surface area contributed by atoms with Crippen LogP contribution in [0.1, 0.15) is 48.3 Å². The average Bonchev–Trinajstić information content (AvgIpc) is 3.09. The number of fused-ring (bicyclic) bond motifs is 1. The van der Waals surface area contributed by atoms with Gasteiger partial charge in [0.15, 0.2) is 0 Å². The third-order valence-electron chi connectivity index (χ3n) is 4.11. The molecule has 1 aliphatic heterocycles. The molecule has 0 spiro atoms. The number of rotatable bonds is 2. The van der Waals surface area contributed by atoms with E-state index in [0.717, 1.165) is 22.3 Å². The van der Waals surface area contributed by atoms with Crippen LogP contribution in [0.25, 0.3) is 10.3 Å². The molecule has 2 aromatic rings. The largest absolute Gasteiger partial charge is 0.365 e. The lowest BCUT2D eigenvalue weighted by atomic mass is 9.94. The Morgan fingerprint density at radius 1 is 1.30 bits per heavy atom. The number of hydrogen-bond acceptors (Lipinski definition) is 5. The lowest BCUT2D eigenvalue weighted by Crippen LogP contribution is -2.37. The van der Waals surface area contributed by atoms with Crippen molar-refractivity contribution in [2.75, 3.05) is 13.1 Å². The number of hydrogen-bond donors (Lipinski definition) is 1. The minimum absolute atomic E-state index is 0.0780. The van der Waals surface area contributed by atoms with Gasteiger partial charge in [-0.1, -0.05) is 20.8 Å². The van der Waals surface area contributed by atoms with E-state index in [9.17, 15) is 9.59 Å². The van der Waals surface area contributed by atoms with Crippen LogP contribution in [0.2, 0.25) is 0 Å². The van der Waals surface area contributed by atoms with Gasteiger partial charge in [0.1, 0.15) is 10.3 Å². The molecule has 1 atom stereocenters. The van der Waals surface area contributed by atoms with Gasteiger partial charge in [0.25, 0.3) is 5.91 Å². The molecule has 2 amide bonds. The van der Waals surface area contributed by atoms with Crippen LogP contribution in [0.4, 0.5) is 0 Å². The van der Waals surface area contributed by atoms with E-state index in [1.54, 1.807) is 12.4 Å². The third kappa shape index (κ3) is 2.81. The zero-order valence-corrected chi connectivity index (χ0v) is 14.3. The van der Waals surface area contributed by atoms with E-state index in [-0.39, 0.29) is 11.8 Å². The van der Waals surface area contributed by atoms with Crippen molar-refractivity contribution in [2.45, 2.75) is 33.1 Å². The van der Waals surface area contributed by atoms with Gasteiger partial charge >= 0.3 is 0 Å². The van der Waals surface area contributed by atoms with Crippen molar-refractivity contribution in [3.63, 3.8) is 0 Å². The molecule has 6 nitrogen and oxygen atoms in total. The van der Waals surface area contributed by atoms with Crippen LogP contribution >= 0.6 is 11.3 Å². The van der Waals surface area contributed by atoms with Crippen molar-refractivity contribution in [1.29, 1.82) is 0 Å². The average molecular weight is 332 g/mol. The number of likely N-dealkylation sites (tertiary alicyclic amines) is 1. The summed E-state index contributed by atoms with van der Waals surface area (Å²) in [6.07, 6.45) is 4.04. The molecule has 2 aromatic heterocycles. The van der Waals surface area contributed by atoms with Crippen LogP contribution in [0.15, 0.2) is 12.4 Å². The minimum atomic E-state index is -0.453. The van der Waals surface area contributed by atoms with Gasteiger partial charge in [-0.15, -0.1) is 11.3 Å². The summed E-state index contributed by atoms with van der Waals surface area (Å²) in [5.74, 6) is -0.245. The molecule has 2 N–H and O–H groups in total. The van der Waals surface area contributed by atoms with E-state index in [1.165, 1.54) is 11.3 Å². The summed E-state index contributed by atoms with van der Waals surface area (Å²) in [4.78, 5) is 36.1. The minimum Gasteiger partial charge on any atom is -0.365 e. The Kier molecular flexibility index (Phi) is 3.83. The smallest absolute Gasteiger partial charge is 0.259 e. The summed E-state index contributed by atoms with van der Waals surface area (Å²) >= 11 is 1.28. The maximum absolute atomic E-state index is 12.5. The van der Waals surface area contributed by atoms with Crippen molar-refractivity contribution >= 4 is 33.5 Å². The highest BCUT2D eigenvalue weighted by molar-refractivity contribution is 7.20. The summed E-state index contributed by atoms with van der Waals surface area (Å²) in [6, 6.07) is 0. The molecule has 3 heterocycles. The lowest BCUT2D eigenvalue weighted by Gasteiger charge is -2.25. The van der Waals surface area contributed by atoms with Crippen molar-refractivity contribution in [3.8, 4) is 0 Å². The number of primary amides is 1. The lowest BCUT2D eigenvalue weighted by molar-refractivity contribution is -0.138. The highest BCUT2D eigenvalue weighted by atomic mass is 32.1. The van der Waals surface area contributed by atoms with Crippen molar-refractivity contribution in [1.82, 2.24) is 14.9 Å². The summed E-state index contributed by atoms with van der Waals surface area (Å²) in [5.41, 5.74) is 6.73.